The summed E-state index contributed by atoms with van der Waals surface area (Å²) in [6, 6.07) is 0. The molecule has 0 amide bonds. The number of hydrogen-bond acceptors (Lipinski definition) is 3. The molecule has 1 aromatic heterocycles. The number of thiocarbonyl (C=S) groups is 1. The highest BCUT2D eigenvalue weighted by Gasteiger charge is 2.11. The van der Waals surface area contributed by atoms with Crippen LogP contribution in [0.25, 0.3) is 0 Å². The monoisotopic (exact) mass is 256 g/mol. The lowest BCUT2D eigenvalue weighted by atomic mass is 10.3. The summed E-state index contributed by atoms with van der Waals surface area (Å²) >= 11 is 5.20. The summed E-state index contributed by atoms with van der Waals surface area (Å²) in [5.74, 6) is 0. The smallest absolute Gasteiger partial charge is 0.170 e. The fourth-order valence-electron chi connectivity index (χ4n) is 1.61. The largest absolute Gasteiger partial charge is 0.383 e. The molecule has 0 aliphatic heterocycles. The second kappa shape index (κ2) is 6.56. The standard InChI is InChI=1S/C11H20N4OS/c1-5-15-9(3)10(8(2)14-15)13-11(17)12-6-7-16-4/h5-7H2,1-4H3,(H2,12,13,17). The lowest BCUT2D eigenvalue weighted by molar-refractivity contribution is 0.204. The molecule has 5 nitrogen and oxygen atoms in total. The first-order valence-corrected chi connectivity index (χ1v) is 6.08. The molecule has 6 heteroatoms. The highest BCUT2D eigenvalue weighted by atomic mass is 32.1. The van der Waals surface area contributed by atoms with Gasteiger partial charge < -0.3 is 15.4 Å². The van der Waals surface area contributed by atoms with Crippen molar-refractivity contribution in [2.24, 2.45) is 0 Å². The molecule has 0 radical (unpaired) electrons. The number of methoxy groups -OCH3 is 1. The second-order valence-electron chi connectivity index (χ2n) is 3.74. The van der Waals surface area contributed by atoms with Gasteiger partial charge in [-0.05, 0) is 33.0 Å². The summed E-state index contributed by atoms with van der Waals surface area (Å²) < 4.78 is 6.90. The molecule has 2 N–H and O–H groups in total. The Hall–Kier alpha value is -1.14. The predicted molar refractivity (Wildman–Crippen MR) is 73.5 cm³/mol. The van der Waals surface area contributed by atoms with E-state index >= 15 is 0 Å². The van der Waals surface area contributed by atoms with E-state index in [1.165, 1.54) is 0 Å². The maximum Gasteiger partial charge on any atom is 0.170 e. The molecule has 0 fully saturated rings. The molecule has 1 rings (SSSR count). The number of ether oxygens (including phenoxy) is 1. The maximum atomic E-state index is 5.20. The Morgan fingerprint density at radius 1 is 1.47 bits per heavy atom. The molecular formula is C11H20N4OS. The number of aromatic nitrogens is 2. The van der Waals surface area contributed by atoms with Crippen LogP contribution in [-0.4, -0.2) is 35.2 Å². The minimum absolute atomic E-state index is 0.601. The Kier molecular flexibility index (Phi) is 5.37. The molecule has 0 atom stereocenters. The van der Waals surface area contributed by atoms with Gasteiger partial charge in [-0.2, -0.15) is 5.10 Å². The quantitative estimate of drug-likeness (QED) is 0.617. The Balaban J connectivity index is 2.62. The molecule has 96 valence electrons. The van der Waals surface area contributed by atoms with Gasteiger partial charge in [0.1, 0.15) is 0 Å². The van der Waals surface area contributed by atoms with Gasteiger partial charge in [-0.1, -0.05) is 0 Å². The first kappa shape index (κ1) is 13.9. The zero-order chi connectivity index (χ0) is 12.8. The molecule has 1 aromatic rings. The minimum atomic E-state index is 0.601. The van der Waals surface area contributed by atoms with E-state index in [-0.39, 0.29) is 0 Å². The summed E-state index contributed by atoms with van der Waals surface area (Å²) in [6.07, 6.45) is 0. The van der Waals surface area contributed by atoms with E-state index in [9.17, 15) is 0 Å². The fourth-order valence-corrected chi connectivity index (χ4v) is 1.81. The van der Waals surface area contributed by atoms with Crippen LogP contribution >= 0.6 is 12.2 Å². The molecule has 0 aliphatic carbocycles. The van der Waals surface area contributed by atoms with E-state index in [4.69, 9.17) is 17.0 Å². The van der Waals surface area contributed by atoms with Crippen LogP contribution in [0.15, 0.2) is 0 Å². The molecule has 1 heterocycles. The molecular weight excluding hydrogens is 236 g/mol. The number of aryl methyl sites for hydroxylation is 2. The van der Waals surface area contributed by atoms with Crippen LogP contribution in [0.4, 0.5) is 5.69 Å². The molecule has 0 bridgehead atoms. The summed E-state index contributed by atoms with van der Waals surface area (Å²) in [7, 11) is 1.66. The molecule has 0 unspecified atom stereocenters. The molecule has 17 heavy (non-hydrogen) atoms. The average Bonchev–Trinajstić information content (AvgIpc) is 2.57. The minimum Gasteiger partial charge on any atom is -0.383 e. The summed E-state index contributed by atoms with van der Waals surface area (Å²) in [6.45, 7) is 8.26. The van der Waals surface area contributed by atoms with Gasteiger partial charge in [0, 0.05) is 20.2 Å². The van der Waals surface area contributed by atoms with Gasteiger partial charge in [0.2, 0.25) is 0 Å². The highest BCUT2D eigenvalue weighted by molar-refractivity contribution is 7.80. The third-order valence-electron chi connectivity index (χ3n) is 2.51. The fraction of sp³-hybridized carbons (Fsp3) is 0.636. The number of rotatable bonds is 5. The van der Waals surface area contributed by atoms with Gasteiger partial charge in [-0.15, -0.1) is 0 Å². The maximum absolute atomic E-state index is 5.20. The predicted octanol–water partition coefficient (Wildman–Crippen LogP) is 1.45. The Labute approximate surface area is 108 Å². The Morgan fingerprint density at radius 2 is 2.18 bits per heavy atom. The van der Waals surface area contributed by atoms with Crippen molar-refractivity contribution in [3.63, 3.8) is 0 Å². The van der Waals surface area contributed by atoms with Crippen LogP contribution in [0.3, 0.4) is 0 Å². The van der Waals surface area contributed by atoms with Gasteiger partial charge in [0.15, 0.2) is 5.11 Å². The number of hydrogen-bond donors (Lipinski definition) is 2. The van der Waals surface area contributed by atoms with Gasteiger partial charge in [-0.3, -0.25) is 4.68 Å². The van der Waals surface area contributed by atoms with E-state index in [1.54, 1.807) is 7.11 Å². The normalized spacial score (nSPS) is 10.4. The van der Waals surface area contributed by atoms with Crippen LogP contribution in [0.1, 0.15) is 18.3 Å². The second-order valence-corrected chi connectivity index (χ2v) is 4.14. The molecule has 0 saturated heterocycles. The highest BCUT2D eigenvalue weighted by Crippen LogP contribution is 2.18. The summed E-state index contributed by atoms with van der Waals surface area (Å²) in [5, 5.41) is 11.3. The van der Waals surface area contributed by atoms with E-state index in [1.807, 2.05) is 18.5 Å². The van der Waals surface area contributed by atoms with Crippen molar-refractivity contribution in [1.29, 1.82) is 0 Å². The Morgan fingerprint density at radius 3 is 2.71 bits per heavy atom. The molecule has 0 spiro atoms. The number of nitrogens with one attached hydrogen (secondary N) is 2. The van der Waals surface area contributed by atoms with Crippen LogP contribution in [-0.2, 0) is 11.3 Å². The lowest BCUT2D eigenvalue weighted by Crippen LogP contribution is -2.31. The average molecular weight is 256 g/mol. The van der Waals surface area contributed by atoms with Gasteiger partial charge in [0.25, 0.3) is 0 Å². The summed E-state index contributed by atoms with van der Waals surface area (Å²) in [4.78, 5) is 0. The number of anilines is 1. The van der Waals surface area contributed by atoms with E-state index in [2.05, 4.69) is 22.7 Å². The van der Waals surface area contributed by atoms with Crippen molar-refractivity contribution in [2.45, 2.75) is 27.3 Å². The molecule has 0 aliphatic rings. The van der Waals surface area contributed by atoms with Crippen LogP contribution in [0, 0.1) is 13.8 Å². The summed E-state index contributed by atoms with van der Waals surface area (Å²) in [5.41, 5.74) is 3.04. The van der Waals surface area contributed by atoms with Crippen molar-refractivity contribution in [1.82, 2.24) is 15.1 Å². The van der Waals surface area contributed by atoms with Crippen molar-refractivity contribution in [3.05, 3.63) is 11.4 Å². The first-order chi connectivity index (χ1) is 8.10. The van der Waals surface area contributed by atoms with Crippen LogP contribution in [0.2, 0.25) is 0 Å². The lowest BCUT2D eigenvalue weighted by Gasteiger charge is -2.10. The van der Waals surface area contributed by atoms with Gasteiger partial charge in [-0.25, -0.2) is 0 Å². The van der Waals surface area contributed by atoms with Gasteiger partial charge in [0.05, 0.1) is 23.7 Å². The molecule has 0 aromatic carbocycles. The van der Waals surface area contributed by atoms with E-state index in [0.717, 1.165) is 23.6 Å². The van der Waals surface area contributed by atoms with Crippen molar-refractivity contribution in [2.75, 3.05) is 25.6 Å². The van der Waals surface area contributed by atoms with Crippen molar-refractivity contribution >= 4 is 23.0 Å². The zero-order valence-electron chi connectivity index (χ0n) is 10.8. The topological polar surface area (TPSA) is 51.1 Å². The van der Waals surface area contributed by atoms with Crippen molar-refractivity contribution in [3.8, 4) is 0 Å². The van der Waals surface area contributed by atoms with Crippen LogP contribution < -0.4 is 10.6 Å². The van der Waals surface area contributed by atoms with Gasteiger partial charge >= 0.3 is 0 Å². The molecule has 0 saturated carbocycles. The van der Waals surface area contributed by atoms with E-state index in [0.29, 0.717) is 18.3 Å². The third kappa shape index (κ3) is 3.67. The first-order valence-electron chi connectivity index (χ1n) is 5.68. The van der Waals surface area contributed by atoms with E-state index < -0.39 is 0 Å². The SMILES string of the molecule is CCn1nc(C)c(NC(=S)NCCOC)c1C. The Bertz CT molecular complexity index is 389. The number of nitrogens with zero attached hydrogens (tertiary/aromatic N) is 2. The van der Waals surface area contributed by atoms with Crippen molar-refractivity contribution < 1.29 is 4.74 Å². The zero-order valence-corrected chi connectivity index (χ0v) is 11.6. The third-order valence-corrected chi connectivity index (χ3v) is 2.76. The van der Waals surface area contributed by atoms with Crippen LogP contribution in [0.5, 0.6) is 0 Å².